The van der Waals surface area contributed by atoms with E-state index in [1.165, 1.54) is 23.1 Å². The number of hydrogen-bond donors (Lipinski definition) is 1. The van der Waals surface area contributed by atoms with E-state index >= 15 is 0 Å². The highest BCUT2D eigenvalue weighted by molar-refractivity contribution is 5.96. The summed E-state index contributed by atoms with van der Waals surface area (Å²) in [5.74, 6) is -0.220. The first kappa shape index (κ1) is 15.3. The molecule has 3 rings (SSSR count). The summed E-state index contributed by atoms with van der Waals surface area (Å²) in [6.07, 6.45) is -0.254. The Morgan fingerprint density at radius 1 is 1.43 bits per heavy atom. The number of hydrogen-bond acceptors (Lipinski definition) is 4. The molecule has 2 heterocycles. The molecule has 6 heteroatoms. The normalized spacial score (nSPS) is 20.5. The quantitative estimate of drug-likeness (QED) is 0.924. The summed E-state index contributed by atoms with van der Waals surface area (Å²) >= 11 is 0. The molecule has 23 heavy (non-hydrogen) atoms. The van der Waals surface area contributed by atoms with Crippen LogP contribution in [0.15, 0.2) is 34.7 Å². The summed E-state index contributed by atoms with van der Waals surface area (Å²) < 4.78 is 18.3. The van der Waals surface area contributed by atoms with Gasteiger partial charge in [0.25, 0.3) is 5.91 Å². The maximum atomic E-state index is 13.1. The van der Waals surface area contributed by atoms with Crippen LogP contribution in [0.25, 0.3) is 0 Å². The predicted octanol–water partition coefficient (Wildman–Crippen LogP) is 2.55. The molecule has 1 N–H and O–H groups in total. The van der Waals surface area contributed by atoms with Gasteiger partial charge in [0.05, 0.1) is 17.7 Å². The fourth-order valence-electron chi connectivity index (χ4n) is 2.94. The minimum Gasteiger partial charge on any atom is -0.450 e. The number of nitrogens with zero attached hydrogens (tertiary/aromatic N) is 2. The molecule has 1 aromatic heterocycles. The monoisotopic (exact) mass is 314 g/mol. The van der Waals surface area contributed by atoms with E-state index in [-0.39, 0.29) is 30.1 Å². The van der Waals surface area contributed by atoms with Crippen molar-refractivity contribution in [3.05, 3.63) is 58.8 Å². The van der Waals surface area contributed by atoms with Gasteiger partial charge in [-0.25, -0.2) is 4.39 Å². The Morgan fingerprint density at radius 3 is 2.74 bits per heavy atom. The number of amides is 1. The number of nitriles is 1. The SMILES string of the molecule is Cc1oc(C#N)cc1C(=O)N1C[C@@H](O)C[C@H]1c1ccc(F)cc1. The third-order valence-corrected chi connectivity index (χ3v) is 4.05. The van der Waals surface area contributed by atoms with Gasteiger partial charge < -0.3 is 14.4 Å². The van der Waals surface area contributed by atoms with Crippen LogP contribution < -0.4 is 0 Å². The van der Waals surface area contributed by atoms with E-state index in [2.05, 4.69) is 0 Å². The summed E-state index contributed by atoms with van der Waals surface area (Å²) in [4.78, 5) is 14.3. The van der Waals surface area contributed by atoms with Gasteiger partial charge in [0.1, 0.15) is 17.6 Å². The lowest BCUT2D eigenvalue weighted by atomic mass is 10.0. The predicted molar refractivity (Wildman–Crippen MR) is 79.0 cm³/mol. The fraction of sp³-hybridized carbons (Fsp3) is 0.294. The Kier molecular flexibility index (Phi) is 3.89. The number of halogens is 1. The zero-order valence-electron chi connectivity index (χ0n) is 12.5. The molecule has 0 bridgehead atoms. The van der Waals surface area contributed by atoms with Gasteiger partial charge in [0.2, 0.25) is 5.76 Å². The Hall–Kier alpha value is -2.65. The van der Waals surface area contributed by atoms with E-state index in [0.717, 1.165) is 5.56 Å². The minimum atomic E-state index is -0.642. The van der Waals surface area contributed by atoms with Gasteiger partial charge in [-0.1, -0.05) is 12.1 Å². The molecule has 0 aliphatic carbocycles. The van der Waals surface area contributed by atoms with E-state index in [0.29, 0.717) is 17.7 Å². The first-order chi connectivity index (χ1) is 11.0. The number of aliphatic hydroxyl groups excluding tert-OH is 1. The number of β-amino-alcohol motifs (C(OH)–C–C–N with tert-alkyl or cyclic N) is 1. The van der Waals surface area contributed by atoms with Crippen LogP contribution in [0.2, 0.25) is 0 Å². The van der Waals surface area contributed by atoms with Gasteiger partial charge in [0, 0.05) is 12.6 Å². The molecule has 1 aromatic carbocycles. The van der Waals surface area contributed by atoms with Crippen LogP contribution in [0.5, 0.6) is 0 Å². The molecule has 118 valence electrons. The number of carbonyl (C=O) groups excluding carboxylic acids is 1. The van der Waals surface area contributed by atoms with Gasteiger partial charge >= 0.3 is 0 Å². The number of carbonyl (C=O) groups is 1. The van der Waals surface area contributed by atoms with Crippen LogP contribution >= 0.6 is 0 Å². The van der Waals surface area contributed by atoms with E-state index in [1.54, 1.807) is 19.1 Å². The summed E-state index contributed by atoms with van der Waals surface area (Å²) in [5, 5.41) is 18.8. The number of furan rings is 1. The third kappa shape index (κ3) is 2.83. The maximum Gasteiger partial charge on any atom is 0.258 e. The molecule has 5 nitrogen and oxygen atoms in total. The molecule has 1 aliphatic rings. The van der Waals surface area contributed by atoms with Crippen molar-refractivity contribution < 1.29 is 18.7 Å². The summed E-state index contributed by atoms with van der Waals surface area (Å²) in [5.41, 5.74) is 1.07. The Morgan fingerprint density at radius 2 is 2.13 bits per heavy atom. The van der Waals surface area contributed by atoms with Gasteiger partial charge in [-0.05, 0) is 31.0 Å². The van der Waals surface area contributed by atoms with Crippen molar-refractivity contribution in [3.8, 4) is 6.07 Å². The summed E-state index contributed by atoms with van der Waals surface area (Å²) in [6.45, 7) is 1.81. The van der Waals surface area contributed by atoms with Crippen LogP contribution in [0.3, 0.4) is 0 Å². The van der Waals surface area contributed by atoms with Crippen molar-refractivity contribution in [1.82, 2.24) is 4.90 Å². The maximum absolute atomic E-state index is 13.1. The van der Waals surface area contributed by atoms with Gasteiger partial charge in [-0.2, -0.15) is 5.26 Å². The van der Waals surface area contributed by atoms with Crippen LogP contribution in [-0.2, 0) is 0 Å². The third-order valence-electron chi connectivity index (χ3n) is 4.05. The molecule has 2 atom stereocenters. The van der Waals surface area contributed by atoms with Crippen molar-refractivity contribution in [2.75, 3.05) is 6.54 Å². The number of benzene rings is 1. The van der Waals surface area contributed by atoms with E-state index in [1.807, 2.05) is 6.07 Å². The zero-order valence-corrected chi connectivity index (χ0v) is 12.5. The fourth-order valence-corrected chi connectivity index (χ4v) is 2.94. The van der Waals surface area contributed by atoms with Crippen LogP contribution in [0.1, 0.15) is 39.9 Å². The average Bonchev–Trinajstić information content (AvgIpc) is 3.10. The Bertz CT molecular complexity index is 776. The van der Waals surface area contributed by atoms with E-state index in [9.17, 15) is 14.3 Å². The highest BCUT2D eigenvalue weighted by Gasteiger charge is 2.36. The van der Waals surface area contributed by atoms with Crippen molar-refractivity contribution in [3.63, 3.8) is 0 Å². The minimum absolute atomic E-state index is 0.0731. The second-order valence-corrected chi connectivity index (χ2v) is 5.61. The Balaban J connectivity index is 1.92. The first-order valence-electron chi connectivity index (χ1n) is 7.24. The summed E-state index contributed by atoms with van der Waals surface area (Å²) in [6, 6.07) is 8.83. The molecule has 0 spiro atoms. The number of rotatable bonds is 2. The first-order valence-corrected chi connectivity index (χ1v) is 7.24. The smallest absolute Gasteiger partial charge is 0.258 e. The van der Waals surface area contributed by atoms with E-state index < -0.39 is 6.10 Å². The van der Waals surface area contributed by atoms with Gasteiger partial charge in [-0.3, -0.25) is 4.79 Å². The molecular formula is C17H15FN2O3. The molecule has 1 saturated heterocycles. The largest absolute Gasteiger partial charge is 0.450 e. The van der Waals surface area contributed by atoms with Crippen LogP contribution in [0, 0.1) is 24.1 Å². The second kappa shape index (κ2) is 5.86. The lowest BCUT2D eigenvalue weighted by molar-refractivity contribution is 0.0714. The summed E-state index contributed by atoms with van der Waals surface area (Å²) in [7, 11) is 0. The standard InChI is InChI=1S/C17H15FN2O3/c1-10-15(7-14(8-19)23-10)17(22)20-9-13(21)6-16(20)11-2-4-12(18)5-3-11/h2-5,7,13,16,21H,6,9H2,1H3/t13-,16-/m0/s1. The number of aliphatic hydroxyl groups is 1. The van der Waals surface area contributed by atoms with Crippen molar-refractivity contribution in [2.45, 2.75) is 25.5 Å². The van der Waals surface area contributed by atoms with Gasteiger partial charge in [-0.15, -0.1) is 0 Å². The van der Waals surface area contributed by atoms with Crippen molar-refractivity contribution in [2.24, 2.45) is 0 Å². The molecule has 1 fully saturated rings. The highest BCUT2D eigenvalue weighted by Crippen LogP contribution is 2.34. The molecule has 0 unspecified atom stereocenters. The molecule has 1 amide bonds. The zero-order chi connectivity index (χ0) is 16.6. The molecule has 1 aliphatic heterocycles. The second-order valence-electron chi connectivity index (χ2n) is 5.61. The number of likely N-dealkylation sites (tertiary alicyclic amines) is 1. The molecule has 0 radical (unpaired) electrons. The van der Waals surface area contributed by atoms with Crippen molar-refractivity contribution >= 4 is 5.91 Å². The van der Waals surface area contributed by atoms with Gasteiger partial charge in [0.15, 0.2) is 0 Å². The number of aryl methyl sites for hydroxylation is 1. The molecule has 2 aromatic rings. The average molecular weight is 314 g/mol. The molecular weight excluding hydrogens is 299 g/mol. The lowest BCUT2D eigenvalue weighted by Gasteiger charge is -2.24. The topological polar surface area (TPSA) is 77.5 Å². The highest BCUT2D eigenvalue weighted by atomic mass is 19.1. The molecule has 0 saturated carbocycles. The van der Waals surface area contributed by atoms with Crippen LogP contribution in [0.4, 0.5) is 4.39 Å². The van der Waals surface area contributed by atoms with Crippen LogP contribution in [-0.4, -0.2) is 28.6 Å². The lowest BCUT2D eigenvalue weighted by Crippen LogP contribution is -2.32. The van der Waals surface area contributed by atoms with Crippen molar-refractivity contribution in [1.29, 1.82) is 5.26 Å². The Labute approximate surface area is 132 Å². The van der Waals surface area contributed by atoms with E-state index in [4.69, 9.17) is 9.68 Å².